The summed E-state index contributed by atoms with van der Waals surface area (Å²) >= 11 is 0. The summed E-state index contributed by atoms with van der Waals surface area (Å²) in [6.07, 6.45) is 34.9. The van der Waals surface area contributed by atoms with Gasteiger partial charge in [0.05, 0.1) is 26.4 Å². The molecule has 0 aromatic rings. The Balaban J connectivity index is -0.000000320. The Labute approximate surface area is 307 Å². The van der Waals surface area contributed by atoms with Crippen LogP contribution in [-0.2, 0) is 9.59 Å². The quantitative estimate of drug-likeness (QED) is 0.0436. The van der Waals surface area contributed by atoms with Gasteiger partial charge in [0, 0.05) is 11.9 Å². The molecule has 10 heteroatoms. The van der Waals surface area contributed by atoms with E-state index in [0.29, 0.717) is 0 Å². The summed E-state index contributed by atoms with van der Waals surface area (Å²) < 4.78 is 0. The van der Waals surface area contributed by atoms with E-state index in [4.69, 9.17) is 30.6 Å². The lowest BCUT2D eigenvalue weighted by atomic mass is 10.0. The van der Waals surface area contributed by atoms with Crippen LogP contribution in [0.1, 0.15) is 206 Å². The number of rotatable bonds is 34. The van der Waals surface area contributed by atoms with Gasteiger partial charge in [-0.3, -0.25) is 0 Å². The van der Waals surface area contributed by atoms with Crippen molar-refractivity contribution in [3.05, 3.63) is 0 Å². The molecule has 10 nitrogen and oxygen atoms in total. The molecule has 0 saturated heterocycles. The molecule has 0 saturated carbocycles. The fourth-order valence-corrected chi connectivity index (χ4v) is 5.04. The number of aliphatic hydroxyl groups is 6. The van der Waals surface area contributed by atoms with Crippen molar-refractivity contribution in [3.8, 4) is 0 Å². The van der Waals surface area contributed by atoms with E-state index in [9.17, 15) is 19.8 Å². The molecule has 0 aromatic heterocycles. The minimum atomic E-state index is -0.954. The van der Waals surface area contributed by atoms with Crippen LogP contribution in [0.2, 0.25) is 0 Å². The van der Waals surface area contributed by atoms with Crippen molar-refractivity contribution in [2.24, 2.45) is 0 Å². The van der Waals surface area contributed by atoms with E-state index >= 15 is 0 Å². The Morgan fingerprint density at radius 1 is 0.360 bits per heavy atom. The fourth-order valence-electron chi connectivity index (χ4n) is 5.04. The van der Waals surface area contributed by atoms with Crippen LogP contribution in [0.25, 0.3) is 0 Å². The van der Waals surface area contributed by atoms with Gasteiger partial charge >= 0.3 is 0 Å². The summed E-state index contributed by atoms with van der Waals surface area (Å²) in [6, 6.07) is 0. The van der Waals surface area contributed by atoms with Crippen LogP contribution in [0.4, 0.5) is 0 Å². The number of hydrogen-bond acceptors (Lipinski definition) is 10. The Bertz CT molecular complexity index is 603. The summed E-state index contributed by atoms with van der Waals surface area (Å²) in [6.45, 7) is 3.07. The van der Waals surface area contributed by atoms with Crippen molar-refractivity contribution < 1.29 is 50.4 Å². The van der Waals surface area contributed by atoms with Crippen molar-refractivity contribution in [2.45, 2.75) is 219 Å². The molecule has 0 heterocycles. The second kappa shape index (κ2) is 52.1. The van der Waals surface area contributed by atoms with E-state index in [-0.39, 0.29) is 39.3 Å². The van der Waals surface area contributed by atoms with E-state index in [1.165, 1.54) is 154 Å². The minimum Gasteiger partial charge on any atom is -0.550 e. The van der Waals surface area contributed by atoms with Crippen LogP contribution in [0, 0.1) is 0 Å². The van der Waals surface area contributed by atoms with Crippen molar-refractivity contribution in [1.29, 1.82) is 0 Å². The molecule has 0 fully saturated rings. The van der Waals surface area contributed by atoms with E-state index in [2.05, 4.69) is 13.8 Å². The second-order valence-corrected chi connectivity index (χ2v) is 13.5. The Morgan fingerprint density at radius 3 is 0.640 bits per heavy atom. The zero-order valence-electron chi connectivity index (χ0n) is 32.5. The summed E-state index contributed by atoms with van der Waals surface area (Å²) in [5, 5.41) is 68.4. The van der Waals surface area contributed by atoms with Gasteiger partial charge in [-0.15, -0.1) is 0 Å². The second-order valence-electron chi connectivity index (χ2n) is 13.5. The van der Waals surface area contributed by atoms with Crippen molar-refractivity contribution in [3.63, 3.8) is 0 Å². The molecule has 50 heavy (non-hydrogen) atoms. The van der Waals surface area contributed by atoms with Gasteiger partial charge in [-0.1, -0.05) is 181 Å². The summed E-state index contributed by atoms with van der Waals surface area (Å²) in [4.78, 5) is 20.4. The fraction of sp³-hybridized carbons (Fsp3) is 0.950. The Kier molecular flexibility index (Phi) is 57.7. The molecular formula is C40H82O10-2. The van der Waals surface area contributed by atoms with Crippen LogP contribution in [-0.4, -0.2) is 81.2 Å². The van der Waals surface area contributed by atoms with E-state index in [0.717, 1.165) is 25.7 Å². The number of carbonyl (C=O) groups excluding carboxylic acids is 2. The molecule has 0 rings (SSSR count). The predicted molar refractivity (Wildman–Crippen MR) is 200 cm³/mol. The van der Waals surface area contributed by atoms with E-state index < -0.39 is 24.1 Å². The first-order valence-electron chi connectivity index (χ1n) is 20.4. The third-order valence-corrected chi connectivity index (χ3v) is 8.31. The molecule has 0 aliphatic rings. The molecule has 0 aliphatic heterocycles. The van der Waals surface area contributed by atoms with Crippen LogP contribution in [0.5, 0.6) is 0 Å². The van der Waals surface area contributed by atoms with Crippen LogP contribution in [0.15, 0.2) is 0 Å². The number of aliphatic carboxylic acids is 2. The predicted octanol–water partition coefficient (Wildman–Crippen LogP) is 5.88. The van der Waals surface area contributed by atoms with Gasteiger partial charge < -0.3 is 50.4 Å². The number of unbranched alkanes of at least 4 members (excludes halogenated alkanes) is 26. The molecule has 0 unspecified atom stereocenters. The maximum absolute atomic E-state index is 10.2. The highest BCUT2D eigenvalue weighted by molar-refractivity contribution is 5.64. The van der Waals surface area contributed by atoms with Gasteiger partial charge in [0.15, 0.2) is 0 Å². The van der Waals surface area contributed by atoms with Crippen molar-refractivity contribution in [2.75, 3.05) is 26.4 Å². The molecule has 0 aliphatic carbocycles. The first-order valence-corrected chi connectivity index (χ1v) is 20.4. The topological polar surface area (TPSA) is 202 Å². The lowest BCUT2D eigenvalue weighted by Crippen LogP contribution is -2.21. The number of hydrogen-bond donors (Lipinski definition) is 6. The first kappa shape index (κ1) is 55.5. The number of carboxylic acid groups (broad SMARTS) is 2. The average Bonchev–Trinajstić information content (AvgIpc) is 3.11. The molecule has 0 atom stereocenters. The Morgan fingerprint density at radius 2 is 0.520 bits per heavy atom. The summed E-state index contributed by atoms with van der Waals surface area (Å²) in [5.74, 6) is -1.81. The SMILES string of the molecule is CCCCCCCCCCCCCCCC(=O)[O-].CCCCCCCCCCCCCCCCCC(=O)[O-].OCC(O)CO.OCC(O)CO. The molecule has 6 N–H and O–H groups in total. The number of aliphatic hydroxyl groups excluding tert-OH is 6. The molecule has 0 spiro atoms. The van der Waals surface area contributed by atoms with Gasteiger partial charge in [0.1, 0.15) is 12.2 Å². The standard InChI is InChI=1S/C18H36O2.C16H32O2.2C3H8O3/c1-2-3-4-5-6-7-8-9-10-11-12-13-14-15-16-17-18(19)20;1-2-3-4-5-6-7-8-9-10-11-12-13-14-15-16(17)18;2*4-1-3(6)2-5/h2-17H2,1H3,(H,19,20);2-15H2,1H3,(H,17,18);2*3-6H,1-2H2/p-2. The molecular weight excluding hydrogens is 640 g/mol. The third kappa shape index (κ3) is 65.1. The van der Waals surface area contributed by atoms with Gasteiger partial charge in [-0.2, -0.15) is 0 Å². The lowest BCUT2D eigenvalue weighted by Gasteiger charge is -2.04. The zero-order chi connectivity index (χ0) is 38.4. The molecule has 304 valence electrons. The smallest absolute Gasteiger partial charge is 0.100 e. The van der Waals surface area contributed by atoms with Crippen molar-refractivity contribution >= 4 is 11.9 Å². The largest absolute Gasteiger partial charge is 0.550 e. The highest BCUT2D eigenvalue weighted by Crippen LogP contribution is 2.14. The van der Waals surface area contributed by atoms with Crippen molar-refractivity contribution in [1.82, 2.24) is 0 Å². The minimum absolute atomic E-state index is 0.234. The van der Waals surface area contributed by atoms with Gasteiger partial charge in [0.25, 0.3) is 0 Å². The number of carbonyl (C=O) groups is 2. The average molecular weight is 723 g/mol. The maximum Gasteiger partial charge on any atom is 0.100 e. The summed E-state index contributed by atoms with van der Waals surface area (Å²) in [5.41, 5.74) is 0. The molecule has 0 bridgehead atoms. The third-order valence-electron chi connectivity index (χ3n) is 8.31. The van der Waals surface area contributed by atoms with Gasteiger partial charge in [-0.05, 0) is 25.7 Å². The normalized spacial score (nSPS) is 10.6. The van der Waals surface area contributed by atoms with E-state index in [1.54, 1.807) is 0 Å². The molecule has 0 aromatic carbocycles. The molecule has 0 amide bonds. The van der Waals surface area contributed by atoms with Gasteiger partial charge in [-0.25, -0.2) is 0 Å². The van der Waals surface area contributed by atoms with E-state index in [1.807, 2.05) is 0 Å². The highest BCUT2D eigenvalue weighted by Gasteiger charge is 1.97. The van der Waals surface area contributed by atoms with Crippen LogP contribution in [0.3, 0.4) is 0 Å². The van der Waals surface area contributed by atoms with Crippen LogP contribution < -0.4 is 10.2 Å². The first-order chi connectivity index (χ1) is 24.2. The molecule has 0 radical (unpaired) electrons. The monoisotopic (exact) mass is 723 g/mol. The highest BCUT2D eigenvalue weighted by atomic mass is 16.4. The van der Waals surface area contributed by atoms with Gasteiger partial charge in [0.2, 0.25) is 0 Å². The number of carboxylic acids is 2. The lowest BCUT2D eigenvalue weighted by molar-refractivity contribution is -0.307. The summed E-state index contributed by atoms with van der Waals surface area (Å²) in [7, 11) is 0. The van der Waals surface area contributed by atoms with Crippen LogP contribution >= 0.6 is 0 Å². The Hall–Kier alpha value is -1.30. The maximum atomic E-state index is 10.2. The zero-order valence-corrected chi connectivity index (χ0v) is 32.5.